The van der Waals surface area contributed by atoms with E-state index in [1.165, 1.54) is 12.8 Å². The molecule has 0 unspecified atom stereocenters. The number of aliphatic hydroxyl groups is 1. The molecule has 0 saturated heterocycles. The van der Waals surface area contributed by atoms with E-state index < -0.39 is 0 Å². The number of rotatable bonds is 1. The summed E-state index contributed by atoms with van der Waals surface area (Å²) in [6.07, 6.45) is 4.63. The van der Waals surface area contributed by atoms with E-state index in [4.69, 9.17) is 10.8 Å². The lowest BCUT2D eigenvalue weighted by molar-refractivity contribution is 0.120. The van der Waals surface area contributed by atoms with Gasteiger partial charge in [0.2, 0.25) is 0 Å². The Hall–Kier alpha value is 0.210. The van der Waals surface area contributed by atoms with E-state index in [1.807, 2.05) is 6.92 Å². The zero-order valence-electron chi connectivity index (χ0n) is 7.05. The minimum Gasteiger partial charge on any atom is -0.396 e. The Kier molecular flexibility index (Phi) is 4.37. The van der Waals surface area contributed by atoms with Crippen LogP contribution in [0.25, 0.3) is 0 Å². The van der Waals surface area contributed by atoms with Crippen LogP contribution in [0.5, 0.6) is 0 Å². The van der Waals surface area contributed by atoms with Gasteiger partial charge in [0.15, 0.2) is 0 Å². The van der Waals surface area contributed by atoms with Crippen molar-refractivity contribution in [3.05, 3.63) is 0 Å². The highest BCUT2D eigenvalue weighted by atomic mass is 35.5. The van der Waals surface area contributed by atoms with E-state index in [1.54, 1.807) is 0 Å². The fraction of sp³-hybridized carbons (Fsp3) is 1.00. The Bertz CT molecular complexity index is 117. The molecule has 68 valence electrons. The summed E-state index contributed by atoms with van der Waals surface area (Å²) in [6.45, 7) is 2.31. The van der Waals surface area contributed by atoms with Gasteiger partial charge >= 0.3 is 0 Å². The summed E-state index contributed by atoms with van der Waals surface area (Å²) in [5.74, 6) is 0.334. The van der Waals surface area contributed by atoms with Crippen LogP contribution in [0, 0.1) is 5.92 Å². The molecule has 1 saturated carbocycles. The molecule has 0 aromatic rings. The number of nitrogens with two attached hydrogens (primary N) is 1. The average molecular weight is 180 g/mol. The highest BCUT2D eigenvalue weighted by molar-refractivity contribution is 5.85. The van der Waals surface area contributed by atoms with Crippen molar-refractivity contribution in [3.8, 4) is 0 Å². The Balaban J connectivity index is 0.000001000. The zero-order valence-corrected chi connectivity index (χ0v) is 7.86. The van der Waals surface area contributed by atoms with Gasteiger partial charge in [-0.25, -0.2) is 0 Å². The van der Waals surface area contributed by atoms with Crippen LogP contribution in [-0.4, -0.2) is 17.3 Å². The van der Waals surface area contributed by atoms with Crippen molar-refractivity contribution in [2.24, 2.45) is 11.7 Å². The first-order valence-corrected chi connectivity index (χ1v) is 4.06. The second-order valence-electron chi connectivity index (χ2n) is 3.63. The summed E-state index contributed by atoms with van der Waals surface area (Å²) in [5, 5.41) is 8.95. The highest BCUT2D eigenvalue weighted by Crippen LogP contribution is 2.30. The normalized spacial score (nSPS) is 37.9. The summed E-state index contributed by atoms with van der Waals surface area (Å²) in [5.41, 5.74) is 5.87. The summed E-state index contributed by atoms with van der Waals surface area (Å²) in [7, 11) is 0. The van der Waals surface area contributed by atoms with Crippen molar-refractivity contribution < 1.29 is 5.11 Å². The van der Waals surface area contributed by atoms with Crippen molar-refractivity contribution in [2.75, 3.05) is 6.61 Å². The molecule has 0 aromatic heterocycles. The molecule has 1 aliphatic carbocycles. The summed E-state index contributed by atoms with van der Waals surface area (Å²) in [4.78, 5) is 0. The number of aliphatic hydroxyl groups excluding tert-OH is 1. The Morgan fingerprint density at radius 1 is 1.55 bits per heavy atom. The highest BCUT2D eigenvalue weighted by Gasteiger charge is 2.31. The Labute approximate surface area is 74.6 Å². The third-order valence-corrected chi connectivity index (χ3v) is 2.67. The van der Waals surface area contributed by atoms with Crippen LogP contribution in [0.15, 0.2) is 0 Å². The van der Waals surface area contributed by atoms with Crippen LogP contribution in [-0.2, 0) is 0 Å². The molecule has 0 aliphatic heterocycles. The standard InChI is InChI=1S/C8H17NO.ClH/c1-8(9)5-3-2-4-7(8)6-10;/h7,10H,2-6,9H2,1H3;1H/t7-,8-;/m1./s1. The van der Waals surface area contributed by atoms with Crippen molar-refractivity contribution in [1.29, 1.82) is 0 Å². The first-order chi connectivity index (χ1) is 4.67. The third kappa shape index (κ3) is 2.62. The summed E-state index contributed by atoms with van der Waals surface area (Å²) in [6, 6.07) is 0. The monoisotopic (exact) mass is 179 g/mol. The molecule has 0 radical (unpaired) electrons. The predicted molar refractivity (Wildman–Crippen MR) is 48.9 cm³/mol. The van der Waals surface area contributed by atoms with Crippen LogP contribution >= 0.6 is 12.4 Å². The van der Waals surface area contributed by atoms with E-state index in [9.17, 15) is 0 Å². The molecule has 0 heterocycles. The second-order valence-corrected chi connectivity index (χ2v) is 3.63. The maximum Gasteiger partial charge on any atom is 0.0476 e. The molecule has 2 nitrogen and oxygen atoms in total. The van der Waals surface area contributed by atoms with Crippen molar-refractivity contribution in [1.82, 2.24) is 0 Å². The fourth-order valence-corrected chi connectivity index (χ4v) is 1.73. The third-order valence-electron chi connectivity index (χ3n) is 2.67. The lowest BCUT2D eigenvalue weighted by atomic mass is 9.75. The number of hydrogen-bond donors (Lipinski definition) is 2. The topological polar surface area (TPSA) is 46.2 Å². The molecule has 1 rings (SSSR count). The molecule has 3 heteroatoms. The van der Waals surface area contributed by atoms with Crippen molar-refractivity contribution in [2.45, 2.75) is 38.1 Å². The minimum atomic E-state index is -0.104. The maximum absolute atomic E-state index is 8.95. The SMILES string of the molecule is C[C@@]1(N)CCCC[C@@H]1CO.Cl. The van der Waals surface area contributed by atoms with Gasteiger partial charge < -0.3 is 10.8 Å². The fourth-order valence-electron chi connectivity index (χ4n) is 1.73. The Morgan fingerprint density at radius 2 is 2.18 bits per heavy atom. The zero-order chi connectivity index (χ0) is 7.61. The first-order valence-electron chi connectivity index (χ1n) is 4.06. The van der Waals surface area contributed by atoms with Gasteiger partial charge in [-0.05, 0) is 25.7 Å². The molecule has 11 heavy (non-hydrogen) atoms. The molecule has 0 aromatic carbocycles. The predicted octanol–water partition coefficient (Wildman–Crippen LogP) is 1.31. The summed E-state index contributed by atoms with van der Waals surface area (Å²) >= 11 is 0. The van der Waals surface area contributed by atoms with Gasteiger partial charge in [-0.3, -0.25) is 0 Å². The van der Waals surface area contributed by atoms with E-state index in [0.717, 1.165) is 12.8 Å². The summed E-state index contributed by atoms with van der Waals surface area (Å²) < 4.78 is 0. The number of hydrogen-bond acceptors (Lipinski definition) is 2. The van der Waals surface area contributed by atoms with Gasteiger partial charge in [0.25, 0.3) is 0 Å². The average Bonchev–Trinajstić information content (AvgIpc) is 1.87. The van der Waals surface area contributed by atoms with Gasteiger partial charge in [0, 0.05) is 12.1 Å². The number of halogens is 1. The van der Waals surface area contributed by atoms with Crippen LogP contribution in [0.3, 0.4) is 0 Å². The van der Waals surface area contributed by atoms with Crippen LogP contribution in [0.4, 0.5) is 0 Å². The van der Waals surface area contributed by atoms with Crippen LogP contribution < -0.4 is 5.73 Å². The molecular formula is C8H18ClNO. The Morgan fingerprint density at radius 3 is 2.55 bits per heavy atom. The molecule has 1 fully saturated rings. The lowest BCUT2D eigenvalue weighted by Gasteiger charge is -2.37. The quantitative estimate of drug-likeness (QED) is 0.638. The smallest absolute Gasteiger partial charge is 0.0476 e. The molecule has 0 spiro atoms. The molecule has 2 atom stereocenters. The van der Waals surface area contributed by atoms with E-state index in [0.29, 0.717) is 5.92 Å². The van der Waals surface area contributed by atoms with Crippen molar-refractivity contribution in [3.63, 3.8) is 0 Å². The lowest BCUT2D eigenvalue weighted by Crippen LogP contribution is -2.47. The van der Waals surface area contributed by atoms with Gasteiger partial charge in [-0.2, -0.15) is 0 Å². The van der Waals surface area contributed by atoms with E-state index in [2.05, 4.69) is 0 Å². The van der Waals surface area contributed by atoms with E-state index >= 15 is 0 Å². The molecule has 0 bridgehead atoms. The molecule has 0 amide bonds. The maximum atomic E-state index is 8.95. The van der Waals surface area contributed by atoms with Gasteiger partial charge in [0.1, 0.15) is 0 Å². The minimum absolute atomic E-state index is 0. The first kappa shape index (κ1) is 11.2. The molecular weight excluding hydrogens is 162 g/mol. The second kappa shape index (κ2) is 4.29. The van der Waals surface area contributed by atoms with Crippen molar-refractivity contribution >= 4 is 12.4 Å². The van der Waals surface area contributed by atoms with E-state index in [-0.39, 0.29) is 24.6 Å². The van der Waals surface area contributed by atoms with Gasteiger partial charge in [-0.1, -0.05) is 12.8 Å². The molecule has 1 aliphatic rings. The largest absolute Gasteiger partial charge is 0.396 e. The van der Waals surface area contributed by atoms with Crippen LogP contribution in [0.2, 0.25) is 0 Å². The van der Waals surface area contributed by atoms with Gasteiger partial charge in [-0.15, -0.1) is 12.4 Å². The molecule has 3 N–H and O–H groups in total. The van der Waals surface area contributed by atoms with Crippen LogP contribution in [0.1, 0.15) is 32.6 Å². The van der Waals surface area contributed by atoms with Gasteiger partial charge in [0.05, 0.1) is 0 Å².